The Bertz CT molecular complexity index is 935. The monoisotopic (exact) mass is 372 g/mol. The Morgan fingerprint density at radius 3 is 2.04 bits per heavy atom. The molecule has 24 heavy (non-hydrogen) atoms. The van der Waals surface area contributed by atoms with E-state index in [1.807, 2.05) is 48.5 Å². The van der Waals surface area contributed by atoms with Crippen molar-refractivity contribution in [2.45, 2.75) is 10.5 Å². The van der Waals surface area contributed by atoms with E-state index >= 15 is 0 Å². The zero-order valence-electron chi connectivity index (χ0n) is 12.3. The first-order valence-electron chi connectivity index (χ1n) is 7.41. The second kappa shape index (κ2) is 5.17. The molecule has 2 nitrogen and oxygen atoms in total. The normalized spacial score (nSPS) is 16.2. The summed E-state index contributed by atoms with van der Waals surface area (Å²) in [6, 6.07) is 19.5. The summed E-state index contributed by atoms with van der Waals surface area (Å²) in [5.41, 5.74) is 2.27. The van der Waals surface area contributed by atoms with Crippen LogP contribution in [0.15, 0.2) is 65.6 Å². The lowest BCUT2D eigenvalue weighted by Crippen LogP contribution is -2.31. The second-order valence-electron chi connectivity index (χ2n) is 5.73. The van der Waals surface area contributed by atoms with E-state index < -0.39 is 5.60 Å². The topological polar surface area (TPSA) is 18.5 Å². The molecule has 3 aromatic carbocycles. The van der Waals surface area contributed by atoms with Crippen LogP contribution in [0.3, 0.4) is 0 Å². The molecular formula is C19H10Cl2O2S. The fraction of sp³-hybridized carbons (Fsp3) is 0.0526. The molecule has 2 aliphatic rings. The molecule has 0 saturated heterocycles. The predicted octanol–water partition coefficient (Wildman–Crippen LogP) is 6.43. The van der Waals surface area contributed by atoms with E-state index in [2.05, 4.69) is 12.1 Å². The molecule has 0 N–H and O–H groups in total. The van der Waals surface area contributed by atoms with E-state index in [0.717, 1.165) is 21.6 Å². The molecule has 0 fully saturated rings. The van der Waals surface area contributed by atoms with Crippen molar-refractivity contribution in [2.24, 2.45) is 0 Å². The number of hydrogen-bond acceptors (Lipinski definition) is 3. The lowest BCUT2D eigenvalue weighted by molar-refractivity contribution is 0.185. The van der Waals surface area contributed by atoms with Crippen molar-refractivity contribution in [3.05, 3.63) is 87.4 Å². The van der Waals surface area contributed by atoms with Crippen LogP contribution in [0.5, 0.6) is 11.5 Å². The highest BCUT2D eigenvalue weighted by Gasteiger charge is 2.50. The van der Waals surface area contributed by atoms with Crippen LogP contribution in [0.1, 0.15) is 16.7 Å². The van der Waals surface area contributed by atoms with E-state index in [4.69, 9.17) is 32.1 Å². The van der Waals surface area contributed by atoms with E-state index in [1.54, 1.807) is 0 Å². The fourth-order valence-electron chi connectivity index (χ4n) is 3.37. The smallest absolute Gasteiger partial charge is 0.167 e. The number of hydrogen-bond donors (Lipinski definition) is 0. The largest absolute Gasteiger partial charge is 0.456 e. The van der Waals surface area contributed by atoms with Crippen LogP contribution in [0.4, 0.5) is 0 Å². The van der Waals surface area contributed by atoms with Gasteiger partial charge in [-0.1, -0.05) is 53.5 Å². The average molecular weight is 373 g/mol. The van der Waals surface area contributed by atoms with Crippen molar-refractivity contribution < 1.29 is 8.92 Å². The number of halogens is 2. The molecule has 0 aromatic heterocycles. The van der Waals surface area contributed by atoms with Gasteiger partial charge in [0.25, 0.3) is 0 Å². The lowest BCUT2D eigenvalue weighted by atomic mass is 9.78. The zero-order chi connectivity index (χ0) is 16.3. The summed E-state index contributed by atoms with van der Waals surface area (Å²) in [4.78, 5) is 1.10. The van der Waals surface area contributed by atoms with E-state index in [9.17, 15) is 0 Å². The first-order chi connectivity index (χ1) is 11.7. The van der Waals surface area contributed by atoms with Crippen LogP contribution < -0.4 is 4.74 Å². The van der Waals surface area contributed by atoms with Crippen molar-refractivity contribution in [3.8, 4) is 11.5 Å². The molecule has 5 heteroatoms. The number of fused-ring (bicyclic) bond motifs is 6. The van der Waals surface area contributed by atoms with Gasteiger partial charge in [-0.15, -0.1) is 0 Å². The van der Waals surface area contributed by atoms with Crippen molar-refractivity contribution in [1.82, 2.24) is 0 Å². The summed E-state index contributed by atoms with van der Waals surface area (Å²) in [5.74, 6) is 1.38. The van der Waals surface area contributed by atoms with Gasteiger partial charge in [0.2, 0.25) is 0 Å². The molecule has 0 atom stereocenters. The Balaban J connectivity index is 1.88. The first-order valence-corrected chi connectivity index (χ1v) is 8.91. The van der Waals surface area contributed by atoms with E-state index in [1.165, 1.54) is 12.0 Å². The molecule has 5 rings (SSSR count). The van der Waals surface area contributed by atoms with Gasteiger partial charge in [-0.25, -0.2) is 0 Å². The first kappa shape index (κ1) is 14.7. The van der Waals surface area contributed by atoms with Gasteiger partial charge in [0, 0.05) is 43.7 Å². The molecule has 118 valence electrons. The summed E-state index contributed by atoms with van der Waals surface area (Å²) in [6.45, 7) is 0. The minimum atomic E-state index is -0.723. The number of rotatable bonds is 0. The molecular weight excluding hydrogens is 363 g/mol. The molecule has 0 amide bonds. The molecule has 0 unspecified atom stereocenters. The van der Waals surface area contributed by atoms with Crippen molar-refractivity contribution >= 4 is 35.2 Å². The Labute approximate surface area is 153 Å². The Kier molecular flexibility index (Phi) is 3.16. The predicted molar refractivity (Wildman–Crippen MR) is 96.2 cm³/mol. The van der Waals surface area contributed by atoms with E-state index in [0.29, 0.717) is 21.5 Å². The highest BCUT2D eigenvalue weighted by atomic mass is 35.5. The van der Waals surface area contributed by atoms with Gasteiger partial charge in [0.15, 0.2) is 5.60 Å². The summed E-state index contributed by atoms with van der Waals surface area (Å²) >= 11 is 13.7. The molecule has 0 bridgehead atoms. The van der Waals surface area contributed by atoms with Crippen LogP contribution in [-0.4, -0.2) is 0 Å². The highest BCUT2D eigenvalue weighted by molar-refractivity contribution is 7.95. The maximum Gasteiger partial charge on any atom is 0.167 e. The van der Waals surface area contributed by atoms with E-state index in [-0.39, 0.29) is 0 Å². The van der Waals surface area contributed by atoms with Gasteiger partial charge in [-0.3, -0.25) is 4.18 Å². The number of ether oxygens (including phenoxy) is 1. The van der Waals surface area contributed by atoms with Crippen LogP contribution in [0.25, 0.3) is 0 Å². The van der Waals surface area contributed by atoms with Gasteiger partial charge >= 0.3 is 0 Å². The Hall–Kier alpha value is -1.65. The maximum atomic E-state index is 6.34. The molecule has 0 saturated carbocycles. The standard InChI is InChI=1S/C19H10Cl2O2S/c20-11-5-7-13-16(9-11)22-17-10-12(21)6-8-14(17)19(13)15-3-1-2-4-18(15)24-23-19/h1-10H. The average Bonchev–Trinajstić information content (AvgIpc) is 2.95. The summed E-state index contributed by atoms with van der Waals surface area (Å²) in [7, 11) is 0. The van der Waals surface area contributed by atoms with Gasteiger partial charge in [-0.2, -0.15) is 0 Å². The van der Waals surface area contributed by atoms with Gasteiger partial charge in [0.1, 0.15) is 11.5 Å². The van der Waals surface area contributed by atoms with Crippen molar-refractivity contribution in [3.63, 3.8) is 0 Å². The van der Waals surface area contributed by atoms with Crippen LogP contribution in [0, 0.1) is 0 Å². The van der Waals surface area contributed by atoms with Gasteiger partial charge in [-0.05, 0) is 30.3 Å². The molecule has 0 radical (unpaired) electrons. The molecule has 3 aromatic rings. The Morgan fingerprint density at radius 2 is 1.38 bits per heavy atom. The third-order valence-corrected chi connectivity index (χ3v) is 5.73. The molecule has 2 aliphatic heterocycles. The summed E-state index contributed by atoms with van der Waals surface area (Å²) in [6.07, 6.45) is 0. The quantitative estimate of drug-likeness (QED) is 0.423. The van der Waals surface area contributed by atoms with Crippen LogP contribution in [0.2, 0.25) is 10.0 Å². The molecule has 1 spiro atoms. The number of benzene rings is 3. The molecule has 2 heterocycles. The SMILES string of the molecule is Clc1ccc2c(c1)Oc1cc(Cl)ccc1C21OSc2ccccc21. The lowest BCUT2D eigenvalue weighted by Gasteiger charge is -2.36. The Morgan fingerprint density at radius 1 is 0.750 bits per heavy atom. The highest BCUT2D eigenvalue weighted by Crippen LogP contribution is 2.60. The third kappa shape index (κ3) is 1.90. The minimum Gasteiger partial charge on any atom is -0.456 e. The van der Waals surface area contributed by atoms with Gasteiger partial charge in [0.05, 0.1) is 0 Å². The van der Waals surface area contributed by atoms with Crippen LogP contribution >= 0.6 is 35.2 Å². The third-order valence-electron chi connectivity index (χ3n) is 4.39. The fourth-order valence-corrected chi connectivity index (χ4v) is 4.61. The van der Waals surface area contributed by atoms with Crippen LogP contribution in [-0.2, 0) is 9.78 Å². The maximum absolute atomic E-state index is 6.34. The van der Waals surface area contributed by atoms with Gasteiger partial charge < -0.3 is 4.74 Å². The zero-order valence-corrected chi connectivity index (χ0v) is 14.6. The van der Waals surface area contributed by atoms with Crippen molar-refractivity contribution in [2.75, 3.05) is 0 Å². The van der Waals surface area contributed by atoms with Crippen molar-refractivity contribution in [1.29, 1.82) is 0 Å². The minimum absolute atomic E-state index is 0.619. The summed E-state index contributed by atoms with van der Waals surface area (Å²) < 4.78 is 12.4. The molecule has 0 aliphatic carbocycles. The second-order valence-corrected chi connectivity index (χ2v) is 7.37. The summed E-state index contributed by atoms with van der Waals surface area (Å²) in [5, 5.41) is 1.24.